The Morgan fingerprint density at radius 3 is 2.50 bits per heavy atom. The molecule has 2 aliphatic carbocycles. The van der Waals surface area contributed by atoms with Gasteiger partial charge in [0.15, 0.2) is 0 Å². The summed E-state index contributed by atoms with van der Waals surface area (Å²) in [6.45, 7) is 2.04. The molecule has 3 nitrogen and oxygen atoms in total. The van der Waals surface area contributed by atoms with Crippen LogP contribution in [0.15, 0.2) is 11.6 Å². The number of esters is 2. The van der Waals surface area contributed by atoms with E-state index in [-0.39, 0.29) is 11.9 Å². The van der Waals surface area contributed by atoms with Crippen LogP contribution in [0.2, 0.25) is 0 Å². The molecular formula is C13H16O3. The number of allylic oxidation sites excluding steroid dienone is 2. The first-order valence-electron chi connectivity index (χ1n) is 6.03. The highest BCUT2D eigenvalue weighted by Gasteiger charge is 2.68. The van der Waals surface area contributed by atoms with E-state index in [4.69, 9.17) is 4.74 Å². The second-order valence-corrected chi connectivity index (χ2v) is 5.48. The largest absolute Gasteiger partial charge is 0.392 e. The van der Waals surface area contributed by atoms with Gasteiger partial charge in [0.2, 0.25) is 0 Å². The molecule has 0 radical (unpaired) electrons. The lowest BCUT2D eigenvalue weighted by Gasteiger charge is -2.46. The number of carbonyl (C=O) groups excluding carboxylic acids is 2. The first-order chi connectivity index (χ1) is 7.61. The fraction of sp³-hybridized carbons (Fsp3) is 0.692. The van der Waals surface area contributed by atoms with Gasteiger partial charge in [-0.3, -0.25) is 9.59 Å². The normalized spacial score (nSPS) is 42.2. The van der Waals surface area contributed by atoms with Crippen molar-refractivity contribution < 1.29 is 14.3 Å². The van der Waals surface area contributed by atoms with Crippen LogP contribution in [0.25, 0.3) is 0 Å². The molecule has 0 aromatic heterocycles. The number of hydrogen-bond acceptors (Lipinski definition) is 3. The molecule has 1 heterocycles. The molecule has 0 aromatic carbocycles. The molecule has 1 saturated heterocycles. The average molecular weight is 220 g/mol. The lowest BCUT2D eigenvalue weighted by Crippen LogP contribution is -2.48. The highest BCUT2D eigenvalue weighted by atomic mass is 16.6. The quantitative estimate of drug-likeness (QED) is 0.357. The van der Waals surface area contributed by atoms with Crippen molar-refractivity contribution >= 4 is 11.9 Å². The van der Waals surface area contributed by atoms with Crippen LogP contribution in [0.1, 0.15) is 45.4 Å². The molecule has 3 aliphatic rings. The predicted octanol–water partition coefficient (Wildman–Crippen LogP) is 2.36. The molecule has 0 aromatic rings. The Labute approximate surface area is 94.8 Å². The fourth-order valence-electron chi connectivity index (χ4n) is 3.81. The third-order valence-electron chi connectivity index (χ3n) is 4.72. The van der Waals surface area contributed by atoms with Crippen molar-refractivity contribution in [1.82, 2.24) is 0 Å². The fourth-order valence-corrected chi connectivity index (χ4v) is 3.81. The monoisotopic (exact) mass is 220 g/mol. The molecule has 86 valence electrons. The van der Waals surface area contributed by atoms with Crippen LogP contribution in [0.3, 0.4) is 0 Å². The van der Waals surface area contributed by atoms with Crippen molar-refractivity contribution in [2.45, 2.75) is 45.4 Å². The molecular weight excluding hydrogens is 204 g/mol. The van der Waals surface area contributed by atoms with E-state index in [1.54, 1.807) is 0 Å². The minimum atomic E-state index is -0.513. The zero-order valence-electron chi connectivity index (χ0n) is 9.54. The highest BCUT2D eigenvalue weighted by Crippen LogP contribution is 2.62. The zero-order chi connectivity index (χ0) is 11.4. The molecule has 2 fully saturated rings. The second kappa shape index (κ2) is 2.96. The van der Waals surface area contributed by atoms with E-state index < -0.39 is 10.8 Å². The molecule has 0 amide bonds. The predicted molar refractivity (Wildman–Crippen MR) is 57.4 cm³/mol. The van der Waals surface area contributed by atoms with E-state index in [1.165, 1.54) is 5.57 Å². The summed E-state index contributed by atoms with van der Waals surface area (Å²) >= 11 is 0. The van der Waals surface area contributed by atoms with E-state index in [0.29, 0.717) is 6.42 Å². The number of hydrogen-bond donors (Lipinski definition) is 0. The summed E-state index contributed by atoms with van der Waals surface area (Å²) in [6.07, 6.45) is 7.25. The molecule has 1 saturated carbocycles. The molecule has 3 rings (SSSR count). The van der Waals surface area contributed by atoms with Crippen LogP contribution in [0.5, 0.6) is 0 Å². The molecule has 16 heavy (non-hydrogen) atoms. The summed E-state index contributed by atoms with van der Waals surface area (Å²) in [5, 5.41) is 0. The minimum Gasteiger partial charge on any atom is -0.392 e. The zero-order valence-corrected chi connectivity index (χ0v) is 9.54. The Hall–Kier alpha value is -1.12. The van der Waals surface area contributed by atoms with Crippen molar-refractivity contribution in [3.8, 4) is 0 Å². The maximum atomic E-state index is 12.0. The smallest absolute Gasteiger partial charge is 0.321 e. The van der Waals surface area contributed by atoms with Crippen molar-refractivity contribution in [2.75, 3.05) is 0 Å². The van der Waals surface area contributed by atoms with E-state index in [1.807, 2.05) is 6.92 Å². The van der Waals surface area contributed by atoms with Crippen molar-refractivity contribution in [2.24, 2.45) is 10.8 Å². The van der Waals surface area contributed by atoms with E-state index in [9.17, 15) is 9.59 Å². The number of cyclic esters (lactones) is 2. The third kappa shape index (κ3) is 0.944. The van der Waals surface area contributed by atoms with Gasteiger partial charge in [-0.05, 0) is 32.6 Å². The number of rotatable bonds is 0. The van der Waals surface area contributed by atoms with Gasteiger partial charge in [0.1, 0.15) is 0 Å². The van der Waals surface area contributed by atoms with Crippen LogP contribution in [0.4, 0.5) is 0 Å². The maximum absolute atomic E-state index is 12.0. The van der Waals surface area contributed by atoms with Crippen LogP contribution >= 0.6 is 0 Å². The number of carbonyl (C=O) groups is 2. The average Bonchev–Trinajstić information content (AvgIpc) is 2.49. The Morgan fingerprint density at radius 2 is 1.75 bits per heavy atom. The van der Waals surface area contributed by atoms with Gasteiger partial charge in [0.25, 0.3) is 0 Å². The minimum absolute atomic E-state index is 0.260. The topological polar surface area (TPSA) is 43.4 Å². The first-order valence-corrected chi connectivity index (χ1v) is 6.03. The summed E-state index contributed by atoms with van der Waals surface area (Å²) in [7, 11) is 0. The van der Waals surface area contributed by atoms with Gasteiger partial charge in [-0.2, -0.15) is 0 Å². The standard InChI is InChI=1S/C13H16O3/c1-9-4-7-12-5-2-3-6-13(12,8-9)11(15)16-10(12)14/h4H,2-3,5-8H2,1H3/t12-,13+/m0/s1. The Kier molecular flexibility index (Phi) is 1.86. The van der Waals surface area contributed by atoms with E-state index in [2.05, 4.69) is 6.08 Å². The summed E-state index contributed by atoms with van der Waals surface area (Å²) in [5.41, 5.74) is 0.201. The third-order valence-corrected chi connectivity index (χ3v) is 4.72. The maximum Gasteiger partial charge on any atom is 0.321 e. The van der Waals surface area contributed by atoms with E-state index >= 15 is 0 Å². The van der Waals surface area contributed by atoms with Crippen molar-refractivity contribution in [3.05, 3.63) is 11.6 Å². The SMILES string of the molecule is CC1=CC[C@]23CCCC[C@@]2(C1)C(=O)OC3=O. The lowest BCUT2D eigenvalue weighted by molar-refractivity contribution is -0.155. The van der Waals surface area contributed by atoms with Gasteiger partial charge in [0, 0.05) is 0 Å². The lowest BCUT2D eigenvalue weighted by atomic mass is 9.52. The molecule has 0 bridgehead atoms. The number of ether oxygens (including phenoxy) is 1. The Bertz CT molecular complexity index is 409. The summed E-state index contributed by atoms with van der Waals surface area (Å²) in [6, 6.07) is 0. The summed E-state index contributed by atoms with van der Waals surface area (Å²) < 4.78 is 4.97. The van der Waals surface area contributed by atoms with Gasteiger partial charge in [0.05, 0.1) is 10.8 Å². The van der Waals surface area contributed by atoms with Crippen molar-refractivity contribution in [1.29, 1.82) is 0 Å². The van der Waals surface area contributed by atoms with Gasteiger partial charge in [-0.15, -0.1) is 0 Å². The molecule has 3 heteroatoms. The highest BCUT2D eigenvalue weighted by molar-refractivity contribution is 6.02. The van der Waals surface area contributed by atoms with Crippen LogP contribution in [0, 0.1) is 10.8 Å². The van der Waals surface area contributed by atoms with Gasteiger partial charge in [-0.1, -0.05) is 24.5 Å². The Balaban J connectivity index is 2.17. The van der Waals surface area contributed by atoms with Gasteiger partial charge >= 0.3 is 11.9 Å². The molecule has 0 unspecified atom stereocenters. The molecule has 2 atom stereocenters. The van der Waals surface area contributed by atoms with Gasteiger partial charge in [-0.25, -0.2) is 0 Å². The van der Waals surface area contributed by atoms with Crippen LogP contribution < -0.4 is 0 Å². The van der Waals surface area contributed by atoms with Gasteiger partial charge < -0.3 is 4.74 Å². The first kappa shape index (κ1) is 10.1. The van der Waals surface area contributed by atoms with Crippen LogP contribution in [-0.4, -0.2) is 11.9 Å². The second-order valence-electron chi connectivity index (χ2n) is 5.48. The van der Waals surface area contributed by atoms with E-state index in [0.717, 1.165) is 32.1 Å². The summed E-state index contributed by atoms with van der Waals surface area (Å²) in [4.78, 5) is 24.0. The molecule has 0 spiro atoms. The summed E-state index contributed by atoms with van der Waals surface area (Å²) in [5.74, 6) is -0.523. The molecule has 0 N–H and O–H groups in total. The Morgan fingerprint density at radius 1 is 1.12 bits per heavy atom. The molecule has 1 aliphatic heterocycles. The van der Waals surface area contributed by atoms with Crippen LogP contribution in [-0.2, 0) is 14.3 Å². The van der Waals surface area contributed by atoms with Crippen molar-refractivity contribution in [3.63, 3.8) is 0 Å².